The molecule has 9 nitrogen and oxygen atoms in total. The molecule has 0 atom stereocenters. The number of amides is 1. The molecule has 1 amide bonds. The van der Waals surface area contributed by atoms with Crippen molar-refractivity contribution in [3.8, 4) is 5.75 Å². The number of nitrogens with one attached hydrogen (secondary N) is 1. The molecule has 37 heavy (non-hydrogen) atoms. The van der Waals surface area contributed by atoms with Gasteiger partial charge in [0.1, 0.15) is 18.2 Å². The maximum Gasteiger partial charge on any atom is 1.00 e. The Hall–Kier alpha value is -3.45. The molecule has 2 aromatic carbocycles. The predicted octanol–water partition coefficient (Wildman–Crippen LogP) is -0.357. The molecular formula is C26H28FLiN4O5. The molecule has 2 N–H and O–H groups in total. The number of hydrogen-bond acceptors (Lipinski definition) is 6. The molecule has 0 spiro atoms. The van der Waals surface area contributed by atoms with Gasteiger partial charge in [-0.1, -0.05) is 42.5 Å². The molecule has 11 heteroatoms. The summed E-state index contributed by atoms with van der Waals surface area (Å²) >= 11 is 0. The summed E-state index contributed by atoms with van der Waals surface area (Å²) in [5.74, 6) is -1.92. The van der Waals surface area contributed by atoms with Crippen LogP contribution in [0.1, 0.15) is 42.7 Å². The van der Waals surface area contributed by atoms with Gasteiger partial charge in [-0.15, -0.1) is 0 Å². The fourth-order valence-electron chi connectivity index (χ4n) is 4.18. The van der Waals surface area contributed by atoms with Crippen molar-refractivity contribution < 1.29 is 44.1 Å². The van der Waals surface area contributed by atoms with Crippen molar-refractivity contribution in [3.05, 3.63) is 93.4 Å². The average molecular weight is 502 g/mol. The van der Waals surface area contributed by atoms with Crippen LogP contribution >= 0.6 is 0 Å². The van der Waals surface area contributed by atoms with Crippen LogP contribution in [0.15, 0.2) is 59.4 Å². The van der Waals surface area contributed by atoms with E-state index in [1.165, 1.54) is 16.7 Å². The quantitative estimate of drug-likeness (QED) is 0.405. The minimum absolute atomic E-state index is 0. The van der Waals surface area contributed by atoms with E-state index >= 15 is 0 Å². The summed E-state index contributed by atoms with van der Waals surface area (Å²) < 4.78 is 20.5. The van der Waals surface area contributed by atoms with Crippen LogP contribution in [0.2, 0.25) is 0 Å². The molecule has 0 fully saturated rings. The van der Waals surface area contributed by atoms with Crippen LogP contribution in [0.4, 0.5) is 4.39 Å². The Labute approximate surface area is 226 Å². The first-order valence-electron chi connectivity index (χ1n) is 11.5. The van der Waals surface area contributed by atoms with Gasteiger partial charge in [0.05, 0.1) is 12.1 Å². The Morgan fingerprint density at radius 2 is 1.78 bits per heavy atom. The number of fused-ring (bicyclic) bond motifs is 1. The van der Waals surface area contributed by atoms with Crippen LogP contribution in [-0.2, 0) is 30.0 Å². The van der Waals surface area contributed by atoms with Crippen molar-refractivity contribution in [2.24, 2.45) is 0 Å². The standard InChI is InChI=1S/C26H27FN4O5.Li.H/c1-26(2)25-29-21(23(34)28-14-17-8-10-19(27)11-9-17)22(36-16-18-6-4-3-5-7-18)24(35)31(25)13-12-30(26)15-20(32)33;;/h3-11H,12-16H2,1-2H3,(H,28,34)(H,32,33);;/q;+1;-1. The zero-order valence-corrected chi connectivity index (χ0v) is 21.0. The number of benzene rings is 2. The van der Waals surface area contributed by atoms with Gasteiger partial charge in [0.25, 0.3) is 11.5 Å². The molecule has 0 radical (unpaired) electrons. The summed E-state index contributed by atoms with van der Waals surface area (Å²) in [6, 6.07) is 14.9. The van der Waals surface area contributed by atoms with E-state index in [1.54, 1.807) is 30.9 Å². The smallest absolute Gasteiger partial charge is 1.00 e. The fraction of sp³-hybridized carbons (Fsp3) is 0.308. The van der Waals surface area contributed by atoms with Crippen molar-refractivity contribution in [1.29, 1.82) is 0 Å². The van der Waals surface area contributed by atoms with E-state index in [9.17, 15) is 23.9 Å². The van der Waals surface area contributed by atoms with Gasteiger partial charge in [-0.2, -0.15) is 0 Å². The van der Waals surface area contributed by atoms with Crippen LogP contribution < -0.4 is 34.5 Å². The maximum atomic E-state index is 13.5. The number of aliphatic carboxylic acids is 1. The maximum absolute atomic E-state index is 13.5. The van der Waals surface area contributed by atoms with Gasteiger partial charge in [0, 0.05) is 19.6 Å². The van der Waals surface area contributed by atoms with Gasteiger partial charge >= 0.3 is 24.8 Å². The second-order valence-electron chi connectivity index (χ2n) is 9.03. The van der Waals surface area contributed by atoms with Crippen LogP contribution in [0.5, 0.6) is 5.75 Å². The average Bonchev–Trinajstić information content (AvgIpc) is 2.85. The molecule has 2 heterocycles. The number of carbonyl (C=O) groups is 2. The van der Waals surface area contributed by atoms with Crippen LogP contribution in [-0.4, -0.2) is 44.5 Å². The van der Waals surface area contributed by atoms with Crippen LogP contribution in [0, 0.1) is 5.82 Å². The summed E-state index contributed by atoms with van der Waals surface area (Å²) in [5, 5.41) is 12.0. The van der Waals surface area contributed by atoms with E-state index in [0.717, 1.165) is 5.56 Å². The van der Waals surface area contributed by atoms with Crippen molar-refractivity contribution in [2.45, 2.75) is 39.1 Å². The van der Waals surface area contributed by atoms with Gasteiger partial charge in [-0.25, -0.2) is 9.37 Å². The monoisotopic (exact) mass is 502 g/mol. The summed E-state index contributed by atoms with van der Waals surface area (Å²) in [7, 11) is 0. The molecule has 0 bridgehead atoms. The first-order valence-corrected chi connectivity index (χ1v) is 11.5. The first kappa shape index (κ1) is 28.1. The zero-order chi connectivity index (χ0) is 25.9. The Balaban J connectivity index is 0.00000253. The number of ether oxygens (including phenoxy) is 1. The Morgan fingerprint density at radius 3 is 2.43 bits per heavy atom. The van der Waals surface area contributed by atoms with Gasteiger partial charge < -0.3 is 16.6 Å². The summed E-state index contributed by atoms with van der Waals surface area (Å²) in [6.07, 6.45) is 0. The molecular weight excluding hydrogens is 474 g/mol. The Bertz CT molecular complexity index is 1340. The SMILES string of the molecule is CC1(C)c2nc(C(=O)NCc3ccc(F)cc3)c(OCc3ccccc3)c(=O)n2CCN1CC(=O)O.[H-].[Li+]. The number of aromatic nitrogens is 2. The minimum atomic E-state index is -1.00. The number of halogens is 1. The second-order valence-corrected chi connectivity index (χ2v) is 9.03. The molecule has 1 aromatic heterocycles. The van der Waals surface area contributed by atoms with Crippen molar-refractivity contribution >= 4 is 11.9 Å². The molecule has 1 aliphatic heterocycles. The third-order valence-electron chi connectivity index (χ3n) is 6.19. The van der Waals surface area contributed by atoms with E-state index in [-0.39, 0.29) is 69.6 Å². The number of carbonyl (C=O) groups excluding carboxylic acids is 1. The first-order chi connectivity index (χ1) is 17.2. The molecule has 0 saturated heterocycles. The third-order valence-corrected chi connectivity index (χ3v) is 6.19. The van der Waals surface area contributed by atoms with E-state index in [4.69, 9.17) is 4.74 Å². The molecule has 1 aliphatic rings. The molecule has 3 aromatic rings. The minimum Gasteiger partial charge on any atom is -1.00 e. The van der Waals surface area contributed by atoms with Crippen molar-refractivity contribution in [3.63, 3.8) is 0 Å². The Morgan fingerprint density at radius 1 is 1.11 bits per heavy atom. The topological polar surface area (TPSA) is 114 Å². The second kappa shape index (κ2) is 11.7. The normalized spacial score (nSPS) is 14.2. The molecule has 0 unspecified atom stereocenters. The van der Waals surface area contributed by atoms with Crippen molar-refractivity contribution in [1.82, 2.24) is 19.8 Å². The number of rotatable bonds is 8. The summed E-state index contributed by atoms with van der Waals surface area (Å²) in [4.78, 5) is 44.4. The summed E-state index contributed by atoms with van der Waals surface area (Å²) in [5.41, 5.74) is -0.149. The predicted molar refractivity (Wildman–Crippen MR) is 130 cm³/mol. The number of hydrogen-bond donors (Lipinski definition) is 2. The molecule has 0 aliphatic carbocycles. The third kappa shape index (κ3) is 6.28. The molecule has 4 rings (SSSR count). The van der Waals surface area contributed by atoms with E-state index in [1.807, 2.05) is 30.3 Å². The van der Waals surface area contributed by atoms with Crippen LogP contribution in [0.3, 0.4) is 0 Å². The number of nitrogens with zero attached hydrogens (tertiary/aromatic N) is 3. The van der Waals surface area contributed by atoms with Gasteiger partial charge in [-0.05, 0) is 37.1 Å². The fourth-order valence-corrected chi connectivity index (χ4v) is 4.18. The Kier molecular flexibility index (Phi) is 8.92. The largest absolute Gasteiger partial charge is 1.00 e. The number of carboxylic acid groups (broad SMARTS) is 1. The summed E-state index contributed by atoms with van der Waals surface area (Å²) in [6.45, 7) is 3.96. The van der Waals surface area contributed by atoms with E-state index in [0.29, 0.717) is 12.1 Å². The van der Waals surface area contributed by atoms with Gasteiger partial charge in [0.15, 0.2) is 5.69 Å². The van der Waals surface area contributed by atoms with E-state index in [2.05, 4.69) is 10.3 Å². The molecule has 190 valence electrons. The zero-order valence-electron chi connectivity index (χ0n) is 22.0. The van der Waals surface area contributed by atoms with Crippen LogP contribution in [0.25, 0.3) is 0 Å². The van der Waals surface area contributed by atoms with Gasteiger partial charge in [-0.3, -0.25) is 23.9 Å². The molecule has 0 saturated carbocycles. The van der Waals surface area contributed by atoms with E-state index < -0.39 is 23.0 Å². The van der Waals surface area contributed by atoms with Gasteiger partial charge in [0.2, 0.25) is 5.75 Å². The number of carboxylic acids is 1. The van der Waals surface area contributed by atoms with Crippen molar-refractivity contribution in [2.75, 3.05) is 13.1 Å².